The lowest BCUT2D eigenvalue weighted by Crippen LogP contribution is -2.39. The maximum Gasteiger partial charge on any atom is 0.222 e. The van der Waals surface area contributed by atoms with Crippen molar-refractivity contribution in [3.63, 3.8) is 0 Å². The Morgan fingerprint density at radius 2 is 2.12 bits per heavy atom. The van der Waals surface area contributed by atoms with Gasteiger partial charge >= 0.3 is 0 Å². The average molecular weight is 456 g/mol. The predicted octanol–water partition coefficient (Wildman–Crippen LogP) is 2.89. The first kappa shape index (κ1) is 20.0. The minimum atomic E-state index is 0. The topological polar surface area (TPSA) is 56.7 Å². The number of rotatable bonds is 6. The van der Waals surface area contributed by atoms with Crippen LogP contribution in [0.1, 0.15) is 44.2 Å². The number of hydrogen-bond donors (Lipinski definition) is 2. The summed E-state index contributed by atoms with van der Waals surface area (Å²) in [6, 6.07) is 8.98. The maximum absolute atomic E-state index is 11.8. The van der Waals surface area contributed by atoms with Gasteiger partial charge in [0, 0.05) is 32.1 Å². The first-order valence-electron chi connectivity index (χ1n) is 9.06. The summed E-state index contributed by atoms with van der Waals surface area (Å²) in [4.78, 5) is 18.4. The van der Waals surface area contributed by atoms with Gasteiger partial charge in [0.05, 0.1) is 6.54 Å². The molecule has 138 valence electrons. The first-order chi connectivity index (χ1) is 11.7. The van der Waals surface area contributed by atoms with Gasteiger partial charge in [0.2, 0.25) is 5.91 Å². The molecule has 0 radical (unpaired) electrons. The molecule has 0 bridgehead atoms. The second-order valence-electron chi connectivity index (χ2n) is 6.90. The molecule has 3 rings (SSSR count). The summed E-state index contributed by atoms with van der Waals surface area (Å²) in [6.07, 6.45) is 2.91. The second-order valence-corrected chi connectivity index (χ2v) is 6.90. The Hall–Kier alpha value is -1.31. The van der Waals surface area contributed by atoms with Crippen molar-refractivity contribution in [2.75, 3.05) is 13.1 Å². The molecule has 1 aliphatic carbocycles. The summed E-state index contributed by atoms with van der Waals surface area (Å²) in [7, 11) is 0. The van der Waals surface area contributed by atoms with Crippen LogP contribution in [0.5, 0.6) is 0 Å². The molecule has 0 aromatic heterocycles. The van der Waals surface area contributed by atoms with E-state index in [0.717, 1.165) is 31.4 Å². The highest BCUT2D eigenvalue weighted by Gasteiger charge is 2.33. The average Bonchev–Trinajstić information content (AvgIpc) is 3.11. The Bertz CT molecular complexity index is 619. The molecule has 6 heteroatoms. The molecule has 0 spiro atoms. The maximum atomic E-state index is 11.8. The number of amides is 1. The molecule has 2 fully saturated rings. The van der Waals surface area contributed by atoms with Crippen LogP contribution in [0, 0.1) is 5.92 Å². The van der Waals surface area contributed by atoms with E-state index >= 15 is 0 Å². The minimum Gasteiger partial charge on any atom is -0.357 e. The Balaban J connectivity index is 0.00000225. The van der Waals surface area contributed by atoms with Crippen LogP contribution < -0.4 is 10.6 Å². The largest absolute Gasteiger partial charge is 0.357 e. The van der Waals surface area contributed by atoms with Crippen molar-refractivity contribution in [1.29, 1.82) is 0 Å². The number of guanidine groups is 1. The fourth-order valence-electron chi connectivity index (χ4n) is 3.11. The molecular formula is C19H29IN4O. The van der Waals surface area contributed by atoms with Crippen molar-refractivity contribution in [1.82, 2.24) is 15.5 Å². The van der Waals surface area contributed by atoms with Gasteiger partial charge in [0.15, 0.2) is 5.96 Å². The van der Waals surface area contributed by atoms with Gasteiger partial charge in [-0.2, -0.15) is 0 Å². The van der Waals surface area contributed by atoms with E-state index in [0.29, 0.717) is 25.6 Å². The summed E-state index contributed by atoms with van der Waals surface area (Å²) < 4.78 is 0. The number of carbonyl (C=O) groups is 1. The molecule has 1 saturated heterocycles. The summed E-state index contributed by atoms with van der Waals surface area (Å²) in [5.41, 5.74) is 2.37. The normalized spacial score (nSPS) is 22.6. The van der Waals surface area contributed by atoms with Gasteiger partial charge in [-0.1, -0.05) is 31.2 Å². The molecule has 1 aliphatic heterocycles. The van der Waals surface area contributed by atoms with Crippen LogP contribution in [-0.2, 0) is 17.9 Å². The number of hydrogen-bond acceptors (Lipinski definition) is 2. The molecular weight excluding hydrogens is 427 g/mol. The van der Waals surface area contributed by atoms with E-state index in [1.807, 2.05) is 4.90 Å². The molecule has 2 unspecified atom stereocenters. The lowest BCUT2D eigenvalue weighted by molar-refractivity contribution is -0.128. The van der Waals surface area contributed by atoms with Crippen LogP contribution >= 0.6 is 24.0 Å². The lowest BCUT2D eigenvalue weighted by atomic mass is 10.1. The quantitative estimate of drug-likeness (QED) is 0.393. The van der Waals surface area contributed by atoms with Crippen LogP contribution in [0.3, 0.4) is 0 Å². The van der Waals surface area contributed by atoms with Crippen molar-refractivity contribution in [2.24, 2.45) is 10.9 Å². The molecule has 5 nitrogen and oxygen atoms in total. The van der Waals surface area contributed by atoms with Crippen molar-refractivity contribution in [3.05, 3.63) is 35.4 Å². The Labute approximate surface area is 167 Å². The molecule has 1 heterocycles. The minimum absolute atomic E-state index is 0. The number of aliphatic imine (C=N–C) groups is 1. The van der Waals surface area contributed by atoms with Crippen LogP contribution in [0.25, 0.3) is 0 Å². The van der Waals surface area contributed by atoms with Crippen LogP contribution in [0.4, 0.5) is 0 Å². The van der Waals surface area contributed by atoms with Crippen molar-refractivity contribution in [3.8, 4) is 0 Å². The first-order valence-corrected chi connectivity index (χ1v) is 9.06. The summed E-state index contributed by atoms with van der Waals surface area (Å²) >= 11 is 0. The number of carbonyl (C=O) groups excluding carboxylic acids is 1. The molecule has 2 atom stereocenters. The third-order valence-electron chi connectivity index (χ3n) is 4.73. The van der Waals surface area contributed by atoms with Crippen molar-refractivity contribution in [2.45, 2.75) is 52.2 Å². The van der Waals surface area contributed by atoms with E-state index in [9.17, 15) is 4.79 Å². The molecule has 1 saturated carbocycles. The van der Waals surface area contributed by atoms with Crippen LogP contribution in [-0.4, -0.2) is 35.9 Å². The highest BCUT2D eigenvalue weighted by Crippen LogP contribution is 2.28. The molecule has 1 aromatic rings. The van der Waals surface area contributed by atoms with Gasteiger partial charge in [-0.3, -0.25) is 4.79 Å². The van der Waals surface area contributed by atoms with E-state index < -0.39 is 0 Å². The third-order valence-corrected chi connectivity index (χ3v) is 4.73. The predicted molar refractivity (Wildman–Crippen MR) is 112 cm³/mol. The van der Waals surface area contributed by atoms with Gasteiger partial charge in [-0.05, 0) is 36.8 Å². The van der Waals surface area contributed by atoms with E-state index in [2.05, 4.69) is 48.7 Å². The number of likely N-dealkylation sites (tertiary alicyclic amines) is 1. The van der Waals surface area contributed by atoms with E-state index in [-0.39, 0.29) is 29.9 Å². The highest BCUT2D eigenvalue weighted by atomic mass is 127. The smallest absolute Gasteiger partial charge is 0.222 e. The summed E-state index contributed by atoms with van der Waals surface area (Å²) in [6.45, 7) is 7.46. The van der Waals surface area contributed by atoms with Crippen molar-refractivity contribution >= 4 is 35.8 Å². The monoisotopic (exact) mass is 456 g/mol. The van der Waals surface area contributed by atoms with E-state index in [1.54, 1.807) is 0 Å². The van der Waals surface area contributed by atoms with Gasteiger partial charge in [-0.15, -0.1) is 24.0 Å². The summed E-state index contributed by atoms with van der Waals surface area (Å²) in [5.74, 6) is 1.91. The molecule has 1 amide bonds. The zero-order chi connectivity index (χ0) is 16.9. The molecule has 2 N–H and O–H groups in total. The number of halogens is 1. The number of nitrogens with one attached hydrogen (secondary N) is 2. The summed E-state index contributed by atoms with van der Waals surface area (Å²) in [5, 5.41) is 6.79. The number of benzene rings is 1. The van der Waals surface area contributed by atoms with E-state index in [4.69, 9.17) is 4.99 Å². The van der Waals surface area contributed by atoms with Crippen LogP contribution in [0.15, 0.2) is 29.3 Å². The fourth-order valence-corrected chi connectivity index (χ4v) is 3.11. The zero-order valence-corrected chi connectivity index (χ0v) is 17.5. The fraction of sp³-hybridized carbons (Fsp3) is 0.579. The zero-order valence-electron chi connectivity index (χ0n) is 15.1. The van der Waals surface area contributed by atoms with Gasteiger partial charge in [-0.25, -0.2) is 4.99 Å². The van der Waals surface area contributed by atoms with Crippen molar-refractivity contribution < 1.29 is 4.79 Å². The van der Waals surface area contributed by atoms with E-state index in [1.165, 1.54) is 17.5 Å². The second kappa shape index (κ2) is 9.40. The SMILES string of the molecule is CCNC(=NCc1cccc(CN2CCCC2=O)c1)NC1CC1C.I. The molecule has 25 heavy (non-hydrogen) atoms. The van der Waals surface area contributed by atoms with Gasteiger partial charge in [0.25, 0.3) is 0 Å². The third kappa shape index (κ3) is 5.87. The lowest BCUT2D eigenvalue weighted by Gasteiger charge is -2.16. The Kier molecular flexibility index (Phi) is 7.53. The van der Waals surface area contributed by atoms with Crippen LogP contribution in [0.2, 0.25) is 0 Å². The standard InChI is InChI=1S/C19H28N4O.HI/c1-3-20-19(22-17-10-14(17)2)21-12-15-6-4-7-16(11-15)13-23-9-5-8-18(23)24;/h4,6-7,11,14,17H,3,5,8-10,12-13H2,1-2H3,(H2,20,21,22);1H. The van der Waals surface area contributed by atoms with Gasteiger partial charge in [0.1, 0.15) is 0 Å². The number of nitrogens with zero attached hydrogens (tertiary/aromatic N) is 2. The van der Waals surface area contributed by atoms with Gasteiger partial charge < -0.3 is 15.5 Å². The Morgan fingerprint density at radius 3 is 2.76 bits per heavy atom. The highest BCUT2D eigenvalue weighted by molar-refractivity contribution is 14.0. The Morgan fingerprint density at radius 1 is 1.36 bits per heavy atom. The molecule has 1 aromatic carbocycles. The molecule has 2 aliphatic rings.